The van der Waals surface area contributed by atoms with Crippen LogP contribution in [0.5, 0.6) is 0 Å². The summed E-state index contributed by atoms with van der Waals surface area (Å²) in [6, 6.07) is 51.6. The molecule has 5 heterocycles. The number of para-hydroxylation sites is 1. The van der Waals surface area contributed by atoms with E-state index in [0.717, 1.165) is 6.42 Å². The SMILES string of the molecule is Cc1ccc(-c2c(-c3ccc(C)cc3)n3c4c(cccc24)B2c4c-3ccc3c4-n4c5c2cc2c(c5c5c6c(cc(c54)C34c3cc(C)ccc3-c3ccc(C)cc34)C(C)(C)CCC6(C)C)C(C)(C)CCC2(C)C)cc1. The van der Waals surface area contributed by atoms with Gasteiger partial charge in [0.1, 0.15) is 0 Å². The maximum atomic E-state index is 2.92. The molecule has 6 aliphatic rings. The van der Waals surface area contributed by atoms with Crippen LogP contribution in [0.1, 0.15) is 148 Å². The van der Waals surface area contributed by atoms with Gasteiger partial charge in [-0.1, -0.05) is 199 Å². The highest BCUT2D eigenvalue weighted by atomic mass is 15.1. The number of aromatic nitrogens is 2. The molecular weight excluding hydrogens is 892 g/mol. The van der Waals surface area contributed by atoms with Crippen LogP contribution in [0.4, 0.5) is 0 Å². The summed E-state index contributed by atoms with van der Waals surface area (Å²) in [6.45, 7) is 29.7. The largest absolute Gasteiger partial charge is 0.310 e. The molecule has 0 radical (unpaired) electrons. The Morgan fingerprint density at radius 2 is 0.959 bits per heavy atom. The van der Waals surface area contributed by atoms with Gasteiger partial charge in [-0.15, -0.1) is 0 Å². The predicted molar refractivity (Wildman–Crippen MR) is 314 cm³/mol. The summed E-state index contributed by atoms with van der Waals surface area (Å²) in [5, 5.41) is 4.42. The van der Waals surface area contributed by atoms with Crippen LogP contribution in [0.25, 0.3) is 77.6 Å². The summed E-state index contributed by atoms with van der Waals surface area (Å²) < 4.78 is 5.65. The molecule has 0 amide bonds. The van der Waals surface area contributed by atoms with Gasteiger partial charge in [-0.2, -0.15) is 0 Å². The first-order chi connectivity index (χ1) is 35.3. The van der Waals surface area contributed by atoms with Gasteiger partial charge in [0.25, 0.3) is 6.71 Å². The number of fused-ring (bicyclic) bond motifs is 15. The monoisotopic (exact) mass is 957 g/mol. The van der Waals surface area contributed by atoms with Gasteiger partial charge in [-0.25, -0.2) is 0 Å². The predicted octanol–water partition coefficient (Wildman–Crippen LogP) is 15.8. The average Bonchev–Trinajstić information content (AvgIpc) is 3.99. The molecule has 2 aromatic heterocycles. The van der Waals surface area contributed by atoms with Gasteiger partial charge in [0.15, 0.2) is 0 Å². The molecule has 74 heavy (non-hydrogen) atoms. The van der Waals surface area contributed by atoms with Crippen LogP contribution in [-0.2, 0) is 27.1 Å². The van der Waals surface area contributed by atoms with Gasteiger partial charge in [0, 0.05) is 44.1 Å². The molecule has 0 saturated heterocycles. The molecule has 1 spiro atoms. The molecule has 2 nitrogen and oxygen atoms in total. The number of hydrogen-bond donors (Lipinski definition) is 0. The second-order valence-corrected chi connectivity index (χ2v) is 26.8. The van der Waals surface area contributed by atoms with E-state index < -0.39 is 5.41 Å². The van der Waals surface area contributed by atoms with E-state index in [1.165, 1.54) is 147 Å². The quantitative estimate of drug-likeness (QED) is 0.153. The van der Waals surface area contributed by atoms with Crippen LogP contribution in [0, 0.1) is 27.7 Å². The fourth-order valence-electron chi connectivity index (χ4n) is 16.6. The van der Waals surface area contributed by atoms with Crippen molar-refractivity contribution in [2.24, 2.45) is 0 Å². The van der Waals surface area contributed by atoms with Crippen LogP contribution in [0.3, 0.4) is 0 Å². The van der Waals surface area contributed by atoms with E-state index in [9.17, 15) is 0 Å². The highest BCUT2D eigenvalue weighted by Crippen LogP contribution is 2.65. The first-order valence-corrected chi connectivity index (χ1v) is 27.8. The van der Waals surface area contributed by atoms with Crippen molar-refractivity contribution in [1.82, 2.24) is 9.13 Å². The van der Waals surface area contributed by atoms with Gasteiger partial charge < -0.3 is 9.13 Å². The number of nitrogens with zero attached hydrogens (tertiary/aromatic N) is 2. The second-order valence-electron chi connectivity index (χ2n) is 26.8. The lowest BCUT2D eigenvalue weighted by molar-refractivity contribution is 0.333. The minimum atomic E-state index is -0.560. The lowest BCUT2D eigenvalue weighted by Crippen LogP contribution is -2.61. The van der Waals surface area contributed by atoms with Crippen LogP contribution >= 0.6 is 0 Å². The summed E-state index contributed by atoms with van der Waals surface area (Å²) >= 11 is 0. The molecule has 10 aromatic rings. The average molecular weight is 957 g/mol. The third-order valence-corrected chi connectivity index (χ3v) is 20.4. The van der Waals surface area contributed by atoms with Gasteiger partial charge in [0.05, 0.1) is 16.6 Å². The molecule has 0 unspecified atom stereocenters. The van der Waals surface area contributed by atoms with Crippen molar-refractivity contribution in [1.29, 1.82) is 0 Å². The maximum Gasteiger partial charge on any atom is 0.252 e. The molecule has 0 saturated carbocycles. The Bertz CT molecular complexity index is 4220. The summed E-state index contributed by atoms with van der Waals surface area (Å²) in [5.41, 5.74) is 35.9. The molecule has 362 valence electrons. The second kappa shape index (κ2) is 13.5. The fourth-order valence-corrected chi connectivity index (χ4v) is 16.6. The van der Waals surface area contributed by atoms with Gasteiger partial charge >= 0.3 is 0 Å². The number of rotatable bonds is 2. The zero-order chi connectivity index (χ0) is 50.7. The first-order valence-electron chi connectivity index (χ1n) is 27.8. The number of aryl methyl sites for hydroxylation is 4. The van der Waals surface area contributed by atoms with E-state index in [2.05, 4.69) is 220 Å². The van der Waals surface area contributed by atoms with E-state index in [1.807, 2.05) is 0 Å². The zero-order valence-electron chi connectivity index (χ0n) is 45.4. The van der Waals surface area contributed by atoms with E-state index >= 15 is 0 Å². The molecule has 3 aliphatic heterocycles. The normalized spacial score (nSPS) is 18.6. The fraction of sp³-hybridized carbons (Fsp3) is 0.296. The van der Waals surface area contributed by atoms with Gasteiger partial charge in [0.2, 0.25) is 0 Å². The van der Waals surface area contributed by atoms with Crippen molar-refractivity contribution in [3.05, 3.63) is 194 Å². The molecule has 3 aliphatic carbocycles. The summed E-state index contributed by atoms with van der Waals surface area (Å²) in [5.74, 6) is 0. The van der Waals surface area contributed by atoms with Crippen molar-refractivity contribution in [3.8, 4) is 44.9 Å². The third-order valence-electron chi connectivity index (χ3n) is 20.4. The van der Waals surface area contributed by atoms with Crippen molar-refractivity contribution >= 4 is 55.8 Å². The Balaban J connectivity index is 1.20. The standard InChI is InChI=1S/C71H65BN2/c1-38-16-22-42(23-17-38)56-46-14-13-15-53-63(46)73(62(56)43-24-18-39(2)19-25-43)55-29-28-47-65-61(55)72(53)54-37-51-60(70(11,12)33-31-68(51,7)8)58-57-59-50(67(5,6)30-32-69(59,9)10)36-52(64(57)74(65)66(54)58)71(47)48-34-40(3)20-26-44(48)45-27-21-41(4)35-49(45)71/h13-29,34-37H,30-33H2,1-12H3. The Morgan fingerprint density at radius 3 is 1.57 bits per heavy atom. The van der Waals surface area contributed by atoms with E-state index in [-0.39, 0.29) is 28.4 Å². The lowest BCUT2D eigenvalue weighted by atomic mass is 9.33. The molecule has 0 bridgehead atoms. The minimum Gasteiger partial charge on any atom is -0.310 e. The minimum absolute atomic E-state index is 0.000711. The van der Waals surface area contributed by atoms with Crippen molar-refractivity contribution in [2.75, 3.05) is 0 Å². The maximum absolute atomic E-state index is 2.92. The highest BCUT2D eigenvalue weighted by Gasteiger charge is 2.57. The summed E-state index contributed by atoms with van der Waals surface area (Å²) in [7, 11) is 0. The van der Waals surface area contributed by atoms with Gasteiger partial charge in [-0.3, -0.25) is 0 Å². The highest BCUT2D eigenvalue weighted by molar-refractivity contribution is 7.00. The van der Waals surface area contributed by atoms with Gasteiger partial charge in [-0.05, 0) is 164 Å². The Labute approximate surface area is 437 Å². The van der Waals surface area contributed by atoms with Crippen molar-refractivity contribution < 1.29 is 0 Å². The molecule has 0 fully saturated rings. The Morgan fingerprint density at radius 1 is 0.419 bits per heavy atom. The van der Waals surface area contributed by atoms with Crippen LogP contribution < -0.4 is 16.4 Å². The molecule has 0 N–H and O–H groups in total. The molecule has 16 rings (SSSR count). The zero-order valence-corrected chi connectivity index (χ0v) is 45.4. The Hall–Kier alpha value is -6.84. The topological polar surface area (TPSA) is 9.86 Å². The molecule has 3 heteroatoms. The van der Waals surface area contributed by atoms with E-state index in [1.54, 1.807) is 33.0 Å². The van der Waals surface area contributed by atoms with Crippen LogP contribution in [0.2, 0.25) is 0 Å². The van der Waals surface area contributed by atoms with Crippen molar-refractivity contribution in [2.45, 2.75) is 136 Å². The lowest BCUT2D eigenvalue weighted by Gasteiger charge is -2.47. The van der Waals surface area contributed by atoms with E-state index in [0.29, 0.717) is 0 Å². The van der Waals surface area contributed by atoms with Crippen LogP contribution in [-0.4, -0.2) is 15.8 Å². The van der Waals surface area contributed by atoms with Crippen molar-refractivity contribution in [3.63, 3.8) is 0 Å². The summed E-state index contributed by atoms with van der Waals surface area (Å²) in [6.07, 6.45) is 4.67. The smallest absolute Gasteiger partial charge is 0.252 e. The number of benzene rings is 8. The van der Waals surface area contributed by atoms with Crippen LogP contribution in [0.15, 0.2) is 127 Å². The number of hydrogen-bond acceptors (Lipinski definition) is 0. The Kier molecular flexibility index (Phi) is 7.96. The van der Waals surface area contributed by atoms with E-state index in [4.69, 9.17) is 0 Å². The molecule has 0 atom stereocenters. The molecule has 8 aromatic carbocycles. The third kappa shape index (κ3) is 4.98. The molecular formula is C71H65BN2. The first kappa shape index (κ1) is 43.6. The summed E-state index contributed by atoms with van der Waals surface area (Å²) in [4.78, 5) is 0.